The molecule has 1 heterocycles. The number of fused-ring (bicyclic) bond motifs is 1. The van der Waals surface area contributed by atoms with Gasteiger partial charge in [-0.05, 0) is 48.4 Å². The van der Waals surface area contributed by atoms with Gasteiger partial charge in [0.25, 0.3) is 5.91 Å². The second-order valence-corrected chi connectivity index (χ2v) is 7.12. The van der Waals surface area contributed by atoms with Crippen LogP contribution in [0.3, 0.4) is 0 Å². The van der Waals surface area contributed by atoms with Gasteiger partial charge in [-0.3, -0.25) is 9.69 Å². The highest BCUT2D eigenvalue weighted by atomic mass is 16.2. The van der Waals surface area contributed by atoms with Crippen LogP contribution in [0, 0.1) is 0 Å². The fraction of sp³-hybridized carbons (Fsp3) is 0.273. The van der Waals surface area contributed by atoms with Crippen LogP contribution in [0.4, 0.5) is 4.79 Å². The standard InChI is InChI=1S/C22H22N2O2/c1-22(19-13-12-17-10-5-11-18(17)15-19)20(25)24(21(26)23-22)14-6-9-16-7-3-2-4-8-16/h2-4,6-9,12-13,15H,5,10-11,14H2,1H3,(H,23,26)/b9-6+. The van der Waals surface area contributed by atoms with Gasteiger partial charge in [0.15, 0.2) is 0 Å². The van der Waals surface area contributed by atoms with Crippen molar-refractivity contribution in [3.05, 3.63) is 76.9 Å². The molecule has 1 aliphatic carbocycles. The maximum absolute atomic E-state index is 13.0. The van der Waals surface area contributed by atoms with Crippen molar-refractivity contribution in [1.82, 2.24) is 10.2 Å². The molecule has 2 aromatic carbocycles. The van der Waals surface area contributed by atoms with Gasteiger partial charge in [0.2, 0.25) is 0 Å². The molecule has 1 unspecified atom stereocenters. The van der Waals surface area contributed by atoms with Gasteiger partial charge in [-0.15, -0.1) is 0 Å². The third-order valence-electron chi connectivity index (χ3n) is 5.35. The smallest absolute Gasteiger partial charge is 0.319 e. The number of amides is 3. The van der Waals surface area contributed by atoms with Gasteiger partial charge < -0.3 is 5.32 Å². The fourth-order valence-corrected chi connectivity index (χ4v) is 3.80. The van der Waals surface area contributed by atoms with Gasteiger partial charge in [-0.2, -0.15) is 0 Å². The molecule has 1 atom stereocenters. The predicted molar refractivity (Wildman–Crippen MR) is 102 cm³/mol. The summed E-state index contributed by atoms with van der Waals surface area (Å²) >= 11 is 0. The Balaban J connectivity index is 1.54. The number of carbonyl (C=O) groups is 2. The van der Waals surface area contributed by atoms with E-state index in [0.717, 1.165) is 30.4 Å². The van der Waals surface area contributed by atoms with Crippen molar-refractivity contribution in [3.8, 4) is 0 Å². The van der Waals surface area contributed by atoms with E-state index in [2.05, 4.69) is 17.4 Å². The summed E-state index contributed by atoms with van der Waals surface area (Å²) < 4.78 is 0. The fourth-order valence-electron chi connectivity index (χ4n) is 3.80. The largest absolute Gasteiger partial charge is 0.325 e. The van der Waals surface area contributed by atoms with E-state index < -0.39 is 5.54 Å². The van der Waals surface area contributed by atoms with Gasteiger partial charge in [0.05, 0.1) is 0 Å². The Labute approximate surface area is 153 Å². The third-order valence-corrected chi connectivity index (χ3v) is 5.35. The van der Waals surface area contributed by atoms with Crippen LogP contribution < -0.4 is 5.32 Å². The molecule has 0 bridgehead atoms. The minimum Gasteiger partial charge on any atom is -0.319 e. The van der Waals surface area contributed by atoms with Gasteiger partial charge in [-0.25, -0.2) is 4.79 Å². The minimum absolute atomic E-state index is 0.196. The SMILES string of the molecule is CC1(c2ccc3c(c2)CCC3)NC(=O)N(C/C=C/c2ccccc2)C1=O. The molecule has 2 aliphatic rings. The molecule has 2 aromatic rings. The lowest BCUT2D eigenvalue weighted by molar-refractivity contribution is -0.130. The monoisotopic (exact) mass is 346 g/mol. The summed E-state index contributed by atoms with van der Waals surface area (Å²) in [6.07, 6.45) is 7.08. The third kappa shape index (κ3) is 2.81. The maximum Gasteiger partial charge on any atom is 0.325 e. The van der Waals surface area contributed by atoms with Crippen LogP contribution in [0.1, 0.15) is 35.6 Å². The van der Waals surface area contributed by atoms with Crippen molar-refractivity contribution in [3.63, 3.8) is 0 Å². The first-order valence-electron chi connectivity index (χ1n) is 9.06. The number of rotatable bonds is 4. The number of benzene rings is 2. The zero-order chi connectivity index (χ0) is 18.1. The molecule has 4 rings (SSSR count). The summed E-state index contributed by atoms with van der Waals surface area (Å²) in [4.78, 5) is 26.7. The van der Waals surface area contributed by atoms with Crippen molar-refractivity contribution >= 4 is 18.0 Å². The molecule has 0 spiro atoms. The van der Waals surface area contributed by atoms with Crippen molar-refractivity contribution in [1.29, 1.82) is 0 Å². The second kappa shape index (κ2) is 6.45. The number of urea groups is 1. The second-order valence-electron chi connectivity index (χ2n) is 7.12. The lowest BCUT2D eigenvalue weighted by Gasteiger charge is -2.23. The number of aryl methyl sites for hydroxylation is 2. The topological polar surface area (TPSA) is 49.4 Å². The zero-order valence-corrected chi connectivity index (χ0v) is 14.9. The van der Waals surface area contributed by atoms with E-state index in [1.165, 1.54) is 16.0 Å². The Morgan fingerprint density at radius 1 is 1.08 bits per heavy atom. The number of nitrogens with one attached hydrogen (secondary N) is 1. The zero-order valence-electron chi connectivity index (χ0n) is 14.9. The normalized spacial score (nSPS) is 22.1. The Morgan fingerprint density at radius 2 is 1.85 bits per heavy atom. The van der Waals surface area contributed by atoms with Gasteiger partial charge in [-0.1, -0.05) is 60.7 Å². The summed E-state index contributed by atoms with van der Waals surface area (Å²) in [5.74, 6) is -0.196. The highest BCUT2D eigenvalue weighted by molar-refractivity contribution is 6.07. The van der Waals surface area contributed by atoms with E-state index in [1.807, 2.05) is 48.6 Å². The molecule has 26 heavy (non-hydrogen) atoms. The Hall–Kier alpha value is -2.88. The van der Waals surface area contributed by atoms with Crippen molar-refractivity contribution in [2.75, 3.05) is 6.54 Å². The van der Waals surface area contributed by atoms with Crippen molar-refractivity contribution < 1.29 is 9.59 Å². The van der Waals surface area contributed by atoms with Crippen molar-refractivity contribution in [2.45, 2.75) is 31.7 Å². The van der Waals surface area contributed by atoms with Gasteiger partial charge >= 0.3 is 6.03 Å². The maximum atomic E-state index is 13.0. The van der Waals surface area contributed by atoms with Crippen LogP contribution in [0.25, 0.3) is 6.08 Å². The van der Waals surface area contributed by atoms with Crippen molar-refractivity contribution in [2.24, 2.45) is 0 Å². The van der Waals surface area contributed by atoms with Crippen LogP contribution in [0.15, 0.2) is 54.6 Å². The molecule has 132 valence electrons. The molecule has 0 saturated carbocycles. The number of carbonyl (C=O) groups excluding carboxylic acids is 2. The minimum atomic E-state index is -0.991. The first kappa shape index (κ1) is 16.6. The van der Waals surface area contributed by atoms with Crippen LogP contribution in [-0.4, -0.2) is 23.4 Å². The van der Waals surface area contributed by atoms with E-state index in [4.69, 9.17) is 0 Å². The number of hydrogen-bond donors (Lipinski definition) is 1. The lowest BCUT2D eigenvalue weighted by Crippen LogP contribution is -2.41. The average Bonchev–Trinajstić information content (AvgIpc) is 3.20. The Bertz CT molecular complexity index is 888. The van der Waals surface area contributed by atoms with E-state index >= 15 is 0 Å². The summed E-state index contributed by atoms with van der Waals surface area (Å²) in [6.45, 7) is 2.06. The predicted octanol–water partition coefficient (Wildman–Crippen LogP) is 3.66. The first-order valence-corrected chi connectivity index (χ1v) is 9.06. The number of imide groups is 1. The average molecular weight is 346 g/mol. The van der Waals surface area contributed by atoms with Gasteiger partial charge in [0, 0.05) is 6.54 Å². The summed E-state index contributed by atoms with van der Waals surface area (Å²) in [7, 11) is 0. The summed E-state index contributed by atoms with van der Waals surface area (Å²) in [5.41, 5.74) is 3.58. The first-order chi connectivity index (χ1) is 12.6. The van der Waals surface area contributed by atoms with E-state index in [9.17, 15) is 9.59 Å². The summed E-state index contributed by atoms with van der Waals surface area (Å²) in [6, 6.07) is 15.7. The molecule has 1 N–H and O–H groups in total. The molecule has 1 fully saturated rings. The molecule has 4 heteroatoms. The van der Waals surface area contributed by atoms with E-state index in [-0.39, 0.29) is 18.5 Å². The molecule has 0 radical (unpaired) electrons. The van der Waals surface area contributed by atoms with Gasteiger partial charge in [0.1, 0.15) is 5.54 Å². The highest BCUT2D eigenvalue weighted by Crippen LogP contribution is 2.32. The van der Waals surface area contributed by atoms with Crippen LogP contribution in [0.5, 0.6) is 0 Å². The highest BCUT2D eigenvalue weighted by Gasteiger charge is 2.48. The number of nitrogens with zero attached hydrogens (tertiary/aromatic N) is 1. The molecular formula is C22H22N2O2. The lowest BCUT2D eigenvalue weighted by atomic mass is 9.89. The van der Waals surface area contributed by atoms with E-state index in [1.54, 1.807) is 6.92 Å². The Morgan fingerprint density at radius 3 is 2.65 bits per heavy atom. The van der Waals surface area contributed by atoms with Crippen LogP contribution >= 0.6 is 0 Å². The molecule has 1 saturated heterocycles. The number of hydrogen-bond acceptors (Lipinski definition) is 2. The molecule has 0 aromatic heterocycles. The molecule has 1 aliphatic heterocycles. The van der Waals surface area contributed by atoms with E-state index in [0.29, 0.717) is 0 Å². The Kier molecular flexibility index (Phi) is 4.11. The molecular weight excluding hydrogens is 324 g/mol. The molecule has 4 nitrogen and oxygen atoms in total. The van der Waals surface area contributed by atoms with Crippen LogP contribution in [0.2, 0.25) is 0 Å². The quantitative estimate of drug-likeness (QED) is 0.859. The summed E-state index contributed by atoms with van der Waals surface area (Å²) in [5, 5.41) is 2.89. The van der Waals surface area contributed by atoms with Crippen LogP contribution in [-0.2, 0) is 23.2 Å². The molecule has 3 amide bonds.